The van der Waals surface area contributed by atoms with Crippen LogP contribution in [0.4, 0.5) is 5.95 Å². The molecule has 0 saturated carbocycles. The highest BCUT2D eigenvalue weighted by atomic mass is 16.5. The fraction of sp³-hybridized carbons (Fsp3) is 0.0500. The van der Waals surface area contributed by atoms with Gasteiger partial charge in [-0.1, -0.05) is 42.5 Å². The van der Waals surface area contributed by atoms with Crippen LogP contribution in [0.1, 0.15) is 11.1 Å². The van der Waals surface area contributed by atoms with Crippen molar-refractivity contribution in [2.24, 2.45) is 5.10 Å². The van der Waals surface area contributed by atoms with Crippen molar-refractivity contribution in [3.05, 3.63) is 76.1 Å². The first-order valence-corrected chi connectivity index (χ1v) is 8.20. The molecule has 1 heterocycles. The number of hydrogen-bond acceptors (Lipinski definition) is 7. The summed E-state index contributed by atoms with van der Waals surface area (Å²) < 4.78 is 5.23. The van der Waals surface area contributed by atoms with E-state index >= 15 is 0 Å². The van der Waals surface area contributed by atoms with Crippen molar-refractivity contribution in [3.63, 3.8) is 0 Å². The second kappa shape index (κ2) is 8.79. The van der Waals surface area contributed by atoms with Crippen LogP contribution in [0.2, 0.25) is 0 Å². The van der Waals surface area contributed by atoms with Crippen molar-refractivity contribution in [2.45, 2.75) is 0 Å². The molecule has 8 nitrogen and oxygen atoms in total. The molecule has 0 unspecified atom stereocenters. The number of nitrogens with one attached hydrogen (secondary N) is 2. The quantitative estimate of drug-likeness (QED) is 0.507. The Hall–Kier alpha value is -4.43. The molecule has 0 radical (unpaired) electrons. The van der Waals surface area contributed by atoms with E-state index in [2.05, 4.69) is 20.5 Å². The molecular formula is C20H14N6O2. The van der Waals surface area contributed by atoms with Crippen molar-refractivity contribution in [1.82, 2.24) is 9.97 Å². The van der Waals surface area contributed by atoms with Crippen molar-refractivity contribution < 1.29 is 4.74 Å². The third kappa shape index (κ3) is 4.40. The Labute approximate surface area is 160 Å². The number of aromatic amines is 1. The van der Waals surface area contributed by atoms with Gasteiger partial charge in [0, 0.05) is 5.56 Å². The summed E-state index contributed by atoms with van der Waals surface area (Å²) in [5.41, 5.74) is 3.69. The Morgan fingerprint density at radius 3 is 2.75 bits per heavy atom. The summed E-state index contributed by atoms with van der Waals surface area (Å²) in [6.45, 7) is -0.0441. The fourth-order valence-corrected chi connectivity index (χ4v) is 2.40. The monoisotopic (exact) mass is 370 g/mol. The van der Waals surface area contributed by atoms with Gasteiger partial charge >= 0.3 is 0 Å². The van der Waals surface area contributed by atoms with E-state index in [-0.39, 0.29) is 23.8 Å². The highest BCUT2D eigenvalue weighted by molar-refractivity contribution is 5.80. The molecular weight excluding hydrogens is 356 g/mol. The standard InChI is InChI=1S/C20H14N6O2/c21-9-10-28-16-8-4-5-14(11-16)13-23-26-20-24-18(15-6-2-1-3-7-15)17(12-22)19(27)25-20/h1-8,11,13H,10H2,(H2,24,25,26,27). The molecule has 3 aromatic rings. The van der Waals surface area contributed by atoms with Gasteiger partial charge in [-0.25, -0.2) is 10.4 Å². The predicted octanol–water partition coefficient (Wildman–Crippen LogP) is 2.66. The summed E-state index contributed by atoms with van der Waals surface area (Å²) in [6.07, 6.45) is 1.51. The predicted molar refractivity (Wildman–Crippen MR) is 104 cm³/mol. The van der Waals surface area contributed by atoms with E-state index in [1.807, 2.05) is 18.2 Å². The summed E-state index contributed by atoms with van der Waals surface area (Å²) in [7, 11) is 0. The van der Waals surface area contributed by atoms with Gasteiger partial charge in [-0.15, -0.1) is 0 Å². The van der Waals surface area contributed by atoms with E-state index in [9.17, 15) is 10.1 Å². The van der Waals surface area contributed by atoms with Gasteiger partial charge < -0.3 is 4.74 Å². The first-order chi connectivity index (χ1) is 13.7. The second-order valence-corrected chi connectivity index (χ2v) is 5.51. The van der Waals surface area contributed by atoms with E-state index in [1.54, 1.807) is 48.5 Å². The minimum absolute atomic E-state index is 0.0441. The molecule has 3 rings (SSSR count). The van der Waals surface area contributed by atoms with E-state index in [4.69, 9.17) is 10.00 Å². The van der Waals surface area contributed by atoms with Crippen LogP contribution in [0.3, 0.4) is 0 Å². The maximum atomic E-state index is 12.2. The lowest BCUT2D eigenvalue weighted by molar-refractivity contribution is 0.368. The summed E-state index contributed by atoms with van der Waals surface area (Å²) in [4.78, 5) is 19.0. The average Bonchev–Trinajstić information content (AvgIpc) is 2.73. The van der Waals surface area contributed by atoms with Crippen molar-refractivity contribution in [2.75, 3.05) is 12.0 Å². The van der Waals surface area contributed by atoms with Gasteiger partial charge in [-0.2, -0.15) is 15.6 Å². The van der Waals surface area contributed by atoms with Gasteiger partial charge in [0.25, 0.3) is 5.56 Å². The number of benzene rings is 2. The molecule has 8 heteroatoms. The maximum Gasteiger partial charge on any atom is 0.270 e. The molecule has 2 aromatic carbocycles. The topological polar surface area (TPSA) is 127 Å². The molecule has 0 amide bonds. The van der Waals surface area contributed by atoms with Gasteiger partial charge in [-0.3, -0.25) is 9.78 Å². The van der Waals surface area contributed by atoms with Crippen LogP contribution in [-0.4, -0.2) is 22.8 Å². The van der Waals surface area contributed by atoms with Gasteiger partial charge in [0.1, 0.15) is 23.5 Å². The molecule has 2 N–H and O–H groups in total. The Balaban J connectivity index is 1.83. The van der Waals surface area contributed by atoms with E-state index in [1.165, 1.54) is 6.21 Å². The Kier molecular flexibility index (Phi) is 5.76. The van der Waals surface area contributed by atoms with Crippen LogP contribution in [-0.2, 0) is 0 Å². The smallest absolute Gasteiger partial charge is 0.270 e. The minimum Gasteiger partial charge on any atom is -0.479 e. The van der Waals surface area contributed by atoms with Gasteiger partial charge in [0.2, 0.25) is 5.95 Å². The zero-order valence-corrected chi connectivity index (χ0v) is 14.6. The van der Waals surface area contributed by atoms with Gasteiger partial charge in [0.05, 0.1) is 11.9 Å². The number of hydrazone groups is 1. The van der Waals surface area contributed by atoms with Gasteiger partial charge in [0.15, 0.2) is 6.61 Å². The highest BCUT2D eigenvalue weighted by Gasteiger charge is 2.12. The molecule has 0 atom stereocenters. The van der Waals surface area contributed by atoms with E-state index in [0.717, 1.165) is 5.56 Å². The van der Waals surface area contributed by atoms with Crippen molar-refractivity contribution in [1.29, 1.82) is 10.5 Å². The molecule has 0 fully saturated rings. The van der Waals surface area contributed by atoms with Crippen molar-refractivity contribution >= 4 is 12.2 Å². The summed E-state index contributed by atoms with van der Waals surface area (Å²) in [6, 6.07) is 19.8. The molecule has 136 valence electrons. The van der Waals surface area contributed by atoms with Crippen LogP contribution >= 0.6 is 0 Å². The highest BCUT2D eigenvalue weighted by Crippen LogP contribution is 2.19. The molecule has 0 aliphatic heterocycles. The zero-order valence-electron chi connectivity index (χ0n) is 14.6. The van der Waals surface area contributed by atoms with Crippen LogP contribution in [0.25, 0.3) is 11.3 Å². The summed E-state index contributed by atoms with van der Waals surface area (Å²) in [5, 5.41) is 21.9. The number of hydrogen-bond donors (Lipinski definition) is 2. The van der Waals surface area contributed by atoms with Crippen LogP contribution in [0.5, 0.6) is 5.75 Å². The molecule has 0 bridgehead atoms. The normalized spacial score (nSPS) is 10.2. The zero-order chi connectivity index (χ0) is 19.8. The number of ether oxygens (including phenoxy) is 1. The SMILES string of the molecule is N#CCOc1cccc(C=NNc2nc(-c3ccccc3)c(C#N)c(=O)[nH]2)c1. The number of aromatic nitrogens is 2. The third-order valence-corrected chi connectivity index (χ3v) is 3.62. The molecule has 0 aliphatic rings. The molecule has 0 aliphatic carbocycles. The van der Waals surface area contributed by atoms with Crippen molar-refractivity contribution in [3.8, 4) is 29.1 Å². The van der Waals surface area contributed by atoms with Crippen LogP contribution in [0, 0.1) is 22.7 Å². The van der Waals surface area contributed by atoms with E-state index < -0.39 is 5.56 Å². The molecule has 0 saturated heterocycles. The number of anilines is 1. The lowest BCUT2D eigenvalue weighted by Crippen LogP contribution is -2.16. The first-order valence-electron chi connectivity index (χ1n) is 8.20. The summed E-state index contributed by atoms with van der Waals surface area (Å²) in [5.74, 6) is 0.651. The number of nitrogens with zero attached hydrogens (tertiary/aromatic N) is 4. The Morgan fingerprint density at radius 1 is 1.18 bits per heavy atom. The third-order valence-electron chi connectivity index (χ3n) is 3.62. The largest absolute Gasteiger partial charge is 0.479 e. The average molecular weight is 370 g/mol. The van der Waals surface area contributed by atoms with Gasteiger partial charge in [-0.05, 0) is 17.7 Å². The van der Waals surface area contributed by atoms with Crippen LogP contribution < -0.4 is 15.7 Å². The van der Waals surface area contributed by atoms with E-state index in [0.29, 0.717) is 11.3 Å². The molecule has 1 aromatic heterocycles. The Morgan fingerprint density at radius 2 is 2.00 bits per heavy atom. The molecule has 0 spiro atoms. The fourth-order valence-electron chi connectivity index (χ4n) is 2.40. The first kappa shape index (κ1) is 18.4. The number of nitriles is 2. The number of rotatable bonds is 6. The maximum absolute atomic E-state index is 12.2. The lowest BCUT2D eigenvalue weighted by atomic mass is 10.1. The second-order valence-electron chi connectivity index (χ2n) is 5.51. The summed E-state index contributed by atoms with van der Waals surface area (Å²) >= 11 is 0. The Bertz CT molecular complexity index is 1140. The number of H-pyrrole nitrogens is 1. The minimum atomic E-state index is -0.555. The lowest BCUT2D eigenvalue weighted by Gasteiger charge is -2.06. The molecule has 28 heavy (non-hydrogen) atoms. The van der Waals surface area contributed by atoms with Crippen LogP contribution in [0.15, 0.2) is 64.5 Å².